The second-order valence-corrected chi connectivity index (χ2v) is 13.5. The Labute approximate surface area is 253 Å². The molecule has 0 spiro atoms. The van der Waals surface area contributed by atoms with E-state index in [4.69, 9.17) is 23.2 Å². The number of rotatable bonds is 11. The van der Waals surface area contributed by atoms with Gasteiger partial charge in [0, 0.05) is 12.1 Å². The zero-order valence-electron chi connectivity index (χ0n) is 24.0. The third-order valence-corrected chi connectivity index (χ3v) is 8.99. The van der Waals surface area contributed by atoms with Gasteiger partial charge in [-0.3, -0.25) is 13.9 Å². The summed E-state index contributed by atoms with van der Waals surface area (Å²) in [5.41, 5.74) is 1.50. The molecule has 10 heteroatoms. The molecule has 3 rings (SSSR count). The smallest absolute Gasteiger partial charge is 0.264 e. The predicted molar refractivity (Wildman–Crippen MR) is 166 cm³/mol. The number of hydrogen-bond donors (Lipinski definition) is 1. The summed E-state index contributed by atoms with van der Waals surface area (Å²) in [7, 11) is -4.12. The zero-order chi connectivity index (χ0) is 30.4. The Morgan fingerprint density at radius 2 is 1.49 bits per heavy atom. The van der Waals surface area contributed by atoms with Crippen LogP contribution >= 0.6 is 23.2 Å². The minimum Gasteiger partial charge on any atom is -0.350 e. The Morgan fingerprint density at radius 1 is 0.878 bits per heavy atom. The largest absolute Gasteiger partial charge is 0.350 e. The van der Waals surface area contributed by atoms with Crippen LogP contribution in [0.15, 0.2) is 77.7 Å². The number of benzene rings is 3. The van der Waals surface area contributed by atoms with Crippen LogP contribution in [0.2, 0.25) is 10.0 Å². The van der Waals surface area contributed by atoms with Crippen molar-refractivity contribution in [3.8, 4) is 0 Å². The highest BCUT2D eigenvalue weighted by molar-refractivity contribution is 7.92. The van der Waals surface area contributed by atoms with Crippen LogP contribution in [0.5, 0.6) is 0 Å². The number of anilines is 1. The molecule has 7 nitrogen and oxygen atoms in total. The Balaban J connectivity index is 2.08. The molecule has 0 saturated heterocycles. The van der Waals surface area contributed by atoms with E-state index in [0.29, 0.717) is 27.7 Å². The fourth-order valence-electron chi connectivity index (χ4n) is 4.35. The summed E-state index contributed by atoms with van der Waals surface area (Å²) in [4.78, 5) is 29.0. The second-order valence-electron chi connectivity index (χ2n) is 10.8. The maximum atomic E-state index is 14.1. The van der Waals surface area contributed by atoms with E-state index < -0.39 is 34.1 Å². The highest BCUT2D eigenvalue weighted by atomic mass is 35.5. The van der Waals surface area contributed by atoms with Crippen molar-refractivity contribution in [3.63, 3.8) is 0 Å². The molecule has 0 radical (unpaired) electrons. The number of sulfonamides is 1. The summed E-state index contributed by atoms with van der Waals surface area (Å²) >= 11 is 12.4. The van der Waals surface area contributed by atoms with Crippen LogP contribution in [0, 0.1) is 0 Å². The number of carbonyl (C=O) groups excluding carboxylic acids is 2. The third kappa shape index (κ3) is 8.47. The Morgan fingerprint density at radius 3 is 2.02 bits per heavy atom. The third-order valence-electron chi connectivity index (χ3n) is 6.46. The fourth-order valence-corrected chi connectivity index (χ4v) is 6.11. The monoisotopic (exact) mass is 617 g/mol. The Hall–Kier alpha value is -3.07. The molecule has 0 aliphatic rings. The number of amides is 2. The molecule has 3 aromatic carbocycles. The second kappa shape index (κ2) is 13.7. The molecular formula is C31H37Cl2N3O4S. The molecule has 0 fully saturated rings. The van der Waals surface area contributed by atoms with Crippen molar-refractivity contribution >= 4 is 50.7 Å². The molecule has 0 unspecified atom stereocenters. The summed E-state index contributed by atoms with van der Waals surface area (Å²) in [6.45, 7) is 8.91. The lowest BCUT2D eigenvalue weighted by Gasteiger charge is -2.34. The van der Waals surface area contributed by atoms with Crippen LogP contribution < -0.4 is 9.62 Å². The normalized spacial score (nSPS) is 12.5. The summed E-state index contributed by atoms with van der Waals surface area (Å²) < 4.78 is 28.9. The molecule has 0 saturated carbocycles. The van der Waals surface area contributed by atoms with Gasteiger partial charge < -0.3 is 10.2 Å². The summed E-state index contributed by atoms with van der Waals surface area (Å²) in [6, 6.07) is 19.2. The van der Waals surface area contributed by atoms with E-state index in [1.54, 1.807) is 48.5 Å². The lowest BCUT2D eigenvalue weighted by atomic mass is 10.1. The van der Waals surface area contributed by atoms with E-state index >= 15 is 0 Å². The van der Waals surface area contributed by atoms with Crippen LogP contribution in [0.25, 0.3) is 0 Å². The van der Waals surface area contributed by atoms with Gasteiger partial charge in [0.15, 0.2) is 0 Å². The first-order chi connectivity index (χ1) is 19.3. The van der Waals surface area contributed by atoms with E-state index in [9.17, 15) is 18.0 Å². The van der Waals surface area contributed by atoms with Crippen LogP contribution in [0.1, 0.15) is 52.2 Å². The quantitative estimate of drug-likeness (QED) is 0.267. The summed E-state index contributed by atoms with van der Waals surface area (Å²) in [6.07, 6.45) is 1.09. The maximum Gasteiger partial charge on any atom is 0.264 e. The first-order valence-electron chi connectivity index (χ1n) is 13.5. The van der Waals surface area contributed by atoms with Gasteiger partial charge in [0.25, 0.3) is 10.0 Å². The minimum atomic E-state index is -4.12. The van der Waals surface area contributed by atoms with Gasteiger partial charge in [0.1, 0.15) is 12.6 Å². The van der Waals surface area contributed by atoms with Crippen LogP contribution in [-0.2, 0) is 32.6 Å². The van der Waals surface area contributed by atoms with Gasteiger partial charge in [-0.15, -0.1) is 0 Å². The lowest BCUT2D eigenvalue weighted by Crippen LogP contribution is -2.55. The number of nitrogens with one attached hydrogen (secondary N) is 1. The topological polar surface area (TPSA) is 86.8 Å². The van der Waals surface area contributed by atoms with Crippen molar-refractivity contribution in [1.82, 2.24) is 10.2 Å². The van der Waals surface area contributed by atoms with Crippen LogP contribution in [-0.4, -0.2) is 43.3 Å². The van der Waals surface area contributed by atoms with Crippen molar-refractivity contribution < 1.29 is 18.0 Å². The SMILES string of the molecule is CCc1ccc(N(CC(=O)N(Cc2ccc(Cl)c(Cl)c2)[C@H](CC)C(=O)NC(C)(C)C)S(=O)(=O)c2ccccc2)cc1. The average molecular weight is 619 g/mol. The standard InChI is InChI=1S/C31H37Cl2N3O4S/c1-6-22-13-16-24(17-14-22)36(41(39,40)25-11-9-8-10-12-25)21-29(37)35(20-23-15-18-26(32)27(33)19-23)28(7-2)30(38)34-31(3,4)5/h8-19,28H,6-7,20-21H2,1-5H3,(H,34,38)/t28-/m1/s1. The van der Waals surface area contributed by atoms with Gasteiger partial charge >= 0.3 is 0 Å². The van der Waals surface area contributed by atoms with Gasteiger partial charge in [-0.05, 0) is 81.1 Å². The average Bonchev–Trinajstić information content (AvgIpc) is 2.93. The molecule has 41 heavy (non-hydrogen) atoms. The molecule has 0 aliphatic heterocycles. The molecule has 0 heterocycles. The molecule has 0 aromatic heterocycles. The summed E-state index contributed by atoms with van der Waals surface area (Å²) in [5, 5.41) is 3.63. The van der Waals surface area contributed by atoms with E-state index in [0.717, 1.165) is 16.3 Å². The van der Waals surface area contributed by atoms with E-state index in [2.05, 4.69) is 5.32 Å². The molecular weight excluding hydrogens is 581 g/mol. The van der Waals surface area contributed by atoms with Gasteiger partial charge in [0.05, 0.1) is 20.6 Å². The minimum absolute atomic E-state index is 0.0276. The Bertz CT molecular complexity index is 1460. The molecule has 220 valence electrons. The molecule has 1 N–H and O–H groups in total. The van der Waals surface area contributed by atoms with Gasteiger partial charge in [-0.1, -0.05) is 73.4 Å². The van der Waals surface area contributed by atoms with Crippen molar-refractivity contribution in [2.75, 3.05) is 10.8 Å². The van der Waals surface area contributed by atoms with Crippen molar-refractivity contribution in [2.24, 2.45) is 0 Å². The fraction of sp³-hybridized carbons (Fsp3) is 0.355. The predicted octanol–water partition coefficient (Wildman–Crippen LogP) is 6.47. The first-order valence-corrected chi connectivity index (χ1v) is 15.7. The molecule has 1 atom stereocenters. The van der Waals surface area contributed by atoms with Gasteiger partial charge in [-0.2, -0.15) is 0 Å². The maximum absolute atomic E-state index is 14.1. The van der Waals surface area contributed by atoms with Crippen LogP contribution in [0.3, 0.4) is 0 Å². The van der Waals surface area contributed by atoms with Gasteiger partial charge in [0.2, 0.25) is 11.8 Å². The van der Waals surface area contributed by atoms with Crippen molar-refractivity contribution in [2.45, 2.75) is 70.5 Å². The van der Waals surface area contributed by atoms with E-state index in [1.165, 1.54) is 17.0 Å². The van der Waals surface area contributed by atoms with Gasteiger partial charge in [-0.25, -0.2) is 8.42 Å². The first kappa shape index (κ1) is 32.4. The number of aryl methyl sites for hydroxylation is 1. The molecule has 0 aliphatic carbocycles. The van der Waals surface area contributed by atoms with E-state index in [-0.39, 0.29) is 17.3 Å². The number of nitrogens with zero attached hydrogens (tertiary/aromatic N) is 2. The highest BCUT2D eigenvalue weighted by Gasteiger charge is 2.34. The molecule has 2 amide bonds. The summed E-state index contributed by atoms with van der Waals surface area (Å²) in [5.74, 6) is -0.871. The van der Waals surface area contributed by atoms with Crippen LogP contribution in [0.4, 0.5) is 5.69 Å². The highest BCUT2D eigenvalue weighted by Crippen LogP contribution is 2.27. The molecule has 0 bridgehead atoms. The lowest BCUT2D eigenvalue weighted by molar-refractivity contribution is -0.141. The zero-order valence-corrected chi connectivity index (χ0v) is 26.4. The number of hydrogen-bond acceptors (Lipinski definition) is 4. The van der Waals surface area contributed by atoms with Crippen molar-refractivity contribution in [3.05, 3.63) is 94.0 Å². The van der Waals surface area contributed by atoms with Crippen molar-refractivity contribution in [1.29, 1.82) is 0 Å². The Kier molecular flexibility index (Phi) is 10.9. The number of halogens is 2. The molecule has 3 aromatic rings. The number of carbonyl (C=O) groups is 2. The van der Waals surface area contributed by atoms with E-state index in [1.807, 2.05) is 46.8 Å².